The number of nitrogens with one attached hydrogen (secondary N) is 2. The van der Waals surface area contributed by atoms with Gasteiger partial charge in [-0.15, -0.1) is 12.4 Å². The molecule has 17 heavy (non-hydrogen) atoms. The van der Waals surface area contributed by atoms with Crippen molar-refractivity contribution in [3.05, 3.63) is 0 Å². The van der Waals surface area contributed by atoms with Crippen molar-refractivity contribution >= 4 is 18.3 Å². The predicted octanol–water partition coefficient (Wildman–Crippen LogP) is 0.330. The van der Waals surface area contributed by atoms with Gasteiger partial charge in [-0.1, -0.05) is 0 Å². The van der Waals surface area contributed by atoms with Crippen molar-refractivity contribution < 1.29 is 14.3 Å². The zero-order valence-corrected chi connectivity index (χ0v) is 11.2. The van der Waals surface area contributed by atoms with E-state index in [1.807, 2.05) is 0 Å². The van der Waals surface area contributed by atoms with E-state index in [1.165, 1.54) is 6.42 Å². The molecule has 102 valence electrons. The molecule has 1 fully saturated rings. The lowest BCUT2D eigenvalue weighted by atomic mass is 10.2. The van der Waals surface area contributed by atoms with Crippen LogP contribution in [0, 0.1) is 0 Å². The summed E-state index contributed by atoms with van der Waals surface area (Å²) >= 11 is 0. The SMILES string of the molecule is COCCOCCC(=O)NCC1CCCN1.Cl. The summed E-state index contributed by atoms with van der Waals surface area (Å²) in [5.74, 6) is 0.0612. The maximum absolute atomic E-state index is 11.4. The minimum absolute atomic E-state index is 0. The molecule has 0 radical (unpaired) electrons. The Morgan fingerprint density at radius 3 is 2.88 bits per heavy atom. The molecule has 0 aromatic heterocycles. The average Bonchev–Trinajstić information content (AvgIpc) is 2.79. The molecule has 0 aliphatic carbocycles. The second-order valence-electron chi connectivity index (χ2n) is 3.95. The third-order valence-corrected chi connectivity index (χ3v) is 2.61. The standard InChI is InChI=1S/C11H22N2O3.ClH/c1-15-7-8-16-6-4-11(14)13-9-10-3-2-5-12-10;/h10,12H,2-9H2,1H3,(H,13,14);1H. The normalized spacial score (nSPS) is 18.8. The van der Waals surface area contributed by atoms with Crippen molar-refractivity contribution in [2.24, 2.45) is 0 Å². The van der Waals surface area contributed by atoms with Crippen LogP contribution in [0.5, 0.6) is 0 Å². The van der Waals surface area contributed by atoms with Gasteiger partial charge in [0.05, 0.1) is 19.8 Å². The molecule has 1 heterocycles. The lowest BCUT2D eigenvalue weighted by molar-refractivity contribution is -0.122. The first kappa shape index (κ1) is 16.6. The third kappa shape index (κ3) is 8.37. The first-order valence-corrected chi connectivity index (χ1v) is 5.89. The topological polar surface area (TPSA) is 59.6 Å². The van der Waals surface area contributed by atoms with Gasteiger partial charge in [-0.2, -0.15) is 0 Å². The minimum atomic E-state index is 0. The highest BCUT2D eigenvalue weighted by Gasteiger charge is 2.14. The summed E-state index contributed by atoms with van der Waals surface area (Å²) in [6.07, 6.45) is 2.79. The first-order chi connectivity index (χ1) is 7.83. The quantitative estimate of drug-likeness (QED) is 0.622. The predicted molar refractivity (Wildman–Crippen MR) is 68.6 cm³/mol. The zero-order valence-electron chi connectivity index (χ0n) is 10.4. The van der Waals surface area contributed by atoms with E-state index in [-0.39, 0.29) is 18.3 Å². The Balaban J connectivity index is 0.00000256. The van der Waals surface area contributed by atoms with Gasteiger partial charge in [0, 0.05) is 26.1 Å². The number of halogens is 1. The van der Waals surface area contributed by atoms with Crippen molar-refractivity contribution in [2.45, 2.75) is 25.3 Å². The highest BCUT2D eigenvalue weighted by Crippen LogP contribution is 2.02. The first-order valence-electron chi connectivity index (χ1n) is 5.89. The van der Waals surface area contributed by atoms with Gasteiger partial charge in [-0.05, 0) is 19.4 Å². The van der Waals surface area contributed by atoms with Gasteiger partial charge in [0.2, 0.25) is 5.91 Å². The van der Waals surface area contributed by atoms with E-state index in [0.717, 1.165) is 19.5 Å². The fraction of sp³-hybridized carbons (Fsp3) is 0.909. The Morgan fingerprint density at radius 1 is 1.41 bits per heavy atom. The summed E-state index contributed by atoms with van der Waals surface area (Å²) in [5.41, 5.74) is 0. The summed E-state index contributed by atoms with van der Waals surface area (Å²) in [6, 6.07) is 0.457. The van der Waals surface area contributed by atoms with Crippen molar-refractivity contribution in [3.8, 4) is 0 Å². The number of methoxy groups -OCH3 is 1. The minimum Gasteiger partial charge on any atom is -0.382 e. The van der Waals surface area contributed by atoms with Gasteiger partial charge in [0.25, 0.3) is 0 Å². The van der Waals surface area contributed by atoms with Gasteiger partial charge in [-0.3, -0.25) is 4.79 Å². The van der Waals surface area contributed by atoms with Gasteiger partial charge in [0.1, 0.15) is 0 Å². The van der Waals surface area contributed by atoms with Crippen LogP contribution in [0.25, 0.3) is 0 Å². The molecule has 5 nitrogen and oxygen atoms in total. The summed E-state index contributed by atoms with van der Waals surface area (Å²) < 4.78 is 10.0. The number of hydrogen-bond donors (Lipinski definition) is 2. The van der Waals surface area contributed by atoms with Crippen LogP contribution >= 0.6 is 12.4 Å². The van der Waals surface area contributed by atoms with E-state index in [4.69, 9.17) is 9.47 Å². The van der Waals surface area contributed by atoms with E-state index >= 15 is 0 Å². The van der Waals surface area contributed by atoms with Crippen LogP contribution in [0.2, 0.25) is 0 Å². The molecule has 0 aromatic carbocycles. The molecule has 1 atom stereocenters. The molecule has 1 unspecified atom stereocenters. The fourth-order valence-electron chi connectivity index (χ4n) is 1.67. The number of hydrogen-bond acceptors (Lipinski definition) is 4. The summed E-state index contributed by atoms with van der Waals surface area (Å²) in [4.78, 5) is 11.4. The Bertz CT molecular complexity index is 199. The number of carbonyl (C=O) groups is 1. The van der Waals surface area contributed by atoms with Crippen LogP contribution in [0.15, 0.2) is 0 Å². The molecule has 0 bridgehead atoms. The smallest absolute Gasteiger partial charge is 0.222 e. The number of rotatable bonds is 8. The summed E-state index contributed by atoms with van der Waals surface area (Å²) in [6.45, 7) is 3.40. The second-order valence-corrected chi connectivity index (χ2v) is 3.95. The Kier molecular flexibility index (Phi) is 10.5. The highest BCUT2D eigenvalue weighted by molar-refractivity contribution is 5.85. The molecule has 6 heteroatoms. The maximum Gasteiger partial charge on any atom is 0.222 e. The number of ether oxygens (including phenoxy) is 2. The van der Waals surface area contributed by atoms with Crippen molar-refractivity contribution in [1.29, 1.82) is 0 Å². The maximum atomic E-state index is 11.4. The molecule has 0 aromatic rings. The van der Waals surface area contributed by atoms with Gasteiger partial charge in [0.15, 0.2) is 0 Å². The summed E-state index contributed by atoms with van der Waals surface area (Å²) in [5, 5.41) is 6.24. The van der Waals surface area contributed by atoms with Crippen LogP contribution in [-0.4, -0.2) is 52.0 Å². The largest absolute Gasteiger partial charge is 0.382 e. The third-order valence-electron chi connectivity index (χ3n) is 2.61. The lowest BCUT2D eigenvalue weighted by Crippen LogP contribution is -2.37. The van der Waals surface area contributed by atoms with Crippen molar-refractivity contribution in [1.82, 2.24) is 10.6 Å². The molecule has 1 amide bonds. The van der Waals surface area contributed by atoms with E-state index in [2.05, 4.69) is 10.6 Å². The van der Waals surface area contributed by atoms with Gasteiger partial charge >= 0.3 is 0 Å². The van der Waals surface area contributed by atoms with Crippen LogP contribution in [0.4, 0.5) is 0 Å². The highest BCUT2D eigenvalue weighted by atomic mass is 35.5. The van der Waals surface area contributed by atoms with Crippen LogP contribution in [-0.2, 0) is 14.3 Å². The molecular formula is C11H23ClN2O3. The Morgan fingerprint density at radius 2 is 2.24 bits per heavy atom. The molecule has 0 spiro atoms. The van der Waals surface area contributed by atoms with Crippen molar-refractivity contribution in [3.63, 3.8) is 0 Å². The average molecular weight is 267 g/mol. The number of amides is 1. The van der Waals surface area contributed by atoms with Gasteiger partial charge < -0.3 is 20.1 Å². The molecule has 2 N–H and O–H groups in total. The van der Waals surface area contributed by atoms with E-state index in [9.17, 15) is 4.79 Å². The molecule has 0 saturated carbocycles. The molecule has 1 aliphatic rings. The zero-order chi connectivity index (χ0) is 11.6. The van der Waals surface area contributed by atoms with E-state index in [1.54, 1.807) is 7.11 Å². The van der Waals surface area contributed by atoms with Gasteiger partial charge in [-0.25, -0.2) is 0 Å². The monoisotopic (exact) mass is 266 g/mol. The molecule has 1 aliphatic heterocycles. The second kappa shape index (κ2) is 10.8. The van der Waals surface area contributed by atoms with Crippen molar-refractivity contribution in [2.75, 3.05) is 40.0 Å². The van der Waals surface area contributed by atoms with Crippen LogP contribution in [0.1, 0.15) is 19.3 Å². The van der Waals surface area contributed by atoms with Crippen LogP contribution < -0.4 is 10.6 Å². The number of carbonyl (C=O) groups excluding carboxylic acids is 1. The summed E-state index contributed by atoms with van der Waals surface area (Å²) in [7, 11) is 1.63. The van der Waals surface area contributed by atoms with Crippen LogP contribution in [0.3, 0.4) is 0 Å². The van der Waals surface area contributed by atoms with E-state index < -0.39 is 0 Å². The Labute approximate surface area is 109 Å². The lowest BCUT2D eigenvalue weighted by Gasteiger charge is -2.11. The Hall–Kier alpha value is -0.360. The van der Waals surface area contributed by atoms with E-state index in [0.29, 0.717) is 32.3 Å². The molecular weight excluding hydrogens is 244 g/mol. The molecule has 1 rings (SSSR count). The fourth-order valence-corrected chi connectivity index (χ4v) is 1.67. The molecule has 1 saturated heterocycles.